The summed E-state index contributed by atoms with van der Waals surface area (Å²) in [6, 6.07) is 1.53. The van der Waals surface area contributed by atoms with Crippen molar-refractivity contribution >= 4 is 10.0 Å². The predicted molar refractivity (Wildman–Crippen MR) is 79.4 cm³/mol. The minimum absolute atomic E-state index is 0.161. The van der Waals surface area contributed by atoms with Gasteiger partial charge in [-0.3, -0.25) is 0 Å². The van der Waals surface area contributed by atoms with Crippen molar-refractivity contribution in [1.29, 1.82) is 0 Å². The van der Waals surface area contributed by atoms with Gasteiger partial charge >= 0.3 is 0 Å². The van der Waals surface area contributed by atoms with Crippen LogP contribution in [0.3, 0.4) is 0 Å². The van der Waals surface area contributed by atoms with Crippen LogP contribution in [0.4, 0.5) is 0 Å². The molecule has 0 bridgehead atoms. The zero-order chi connectivity index (χ0) is 15.3. The van der Waals surface area contributed by atoms with Crippen molar-refractivity contribution in [3.63, 3.8) is 0 Å². The molecule has 0 radical (unpaired) electrons. The molecule has 0 aromatic carbocycles. The second kappa shape index (κ2) is 7.40. The van der Waals surface area contributed by atoms with Crippen LogP contribution < -0.4 is 4.72 Å². The summed E-state index contributed by atoms with van der Waals surface area (Å²) < 4.78 is 34.4. The predicted octanol–water partition coefficient (Wildman–Crippen LogP) is 1.24. The van der Waals surface area contributed by atoms with Gasteiger partial charge in [-0.2, -0.15) is 0 Å². The van der Waals surface area contributed by atoms with Crippen molar-refractivity contribution in [1.82, 2.24) is 9.29 Å². The number of aliphatic hydroxyl groups is 1. The van der Waals surface area contributed by atoms with Crippen LogP contribution in [0.25, 0.3) is 0 Å². The number of ether oxygens (including phenoxy) is 1. The lowest BCUT2D eigenvalue weighted by Crippen LogP contribution is -2.27. The Morgan fingerprint density at radius 2 is 2.33 bits per heavy atom. The monoisotopic (exact) mass is 316 g/mol. The molecule has 1 saturated heterocycles. The lowest BCUT2D eigenvalue weighted by atomic mass is 10.2. The van der Waals surface area contributed by atoms with E-state index >= 15 is 0 Å². The Labute approximate surface area is 126 Å². The van der Waals surface area contributed by atoms with Gasteiger partial charge < -0.3 is 14.4 Å². The second-order valence-electron chi connectivity index (χ2n) is 5.34. The fraction of sp³-hybridized carbons (Fsp3) is 0.714. The number of aryl methyl sites for hydroxylation is 1. The van der Waals surface area contributed by atoms with E-state index < -0.39 is 10.0 Å². The lowest BCUT2D eigenvalue weighted by molar-refractivity contribution is 0.105. The van der Waals surface area contributed by atoms with E-state index in [0.717, 1.165) is 25.9 Å². The first-order valence-electron chi connectivity index (χ1n) is 7.48. The molecule has 1 aliphatic heterocycles. The van der Waals surface area contributed by atoms with Gasteiger partial charge in [0, 0.05) is 31.6 Å². The Morgan fingerprint density at radius 1 is 1.52 bits per heavy atom. The maximum absolute atomic E-state index is 12.2. The molecular weight excluding hydrogens is 292 g/mol. The molecule has 2 N–H and O–H groups in total. The first-order chi connectivity index (χ1) is 10.1. The topological polar surface area (TPSA) is 80.6 Å². The molecule has 1 atom stereocenters. The molecule has 0 amide bonds. The Hall–Kier alpha value is -0.890. The van der Waals surface area contributed by atoms with Gasteiger partial charge in [0.05, 0.1) is 17.6 Å². The third-order valence-corrected chi connectivity index (χ3v) is 5.11. The van der Waals surface area contributed by atoms with Crippen LogP contribution in [0.1, 0.15) is 38.3 Å². The highest BCUT2D eigenvalue weighted by atomic mass is 32.2. The Balaban J connectivity index is 1.97. The summed E-state index contributed by atoms with van der Waals surface area (Å²) >= 11 is 0. The van der Waals surface area contributed by atoms with Crippen molar-refractivity contribution in [2.24, 2.45) is 0 Å². The molecule has 21 heavy (non-hydrogen) atoms. The molecule has 1 aromatic heterocycles. The highest BCUT2D eigenvalue weighted by molar-refractivity contribution is 7.89. The van der Waals surface area contributed by atoms with E-state index in [1.807, 2.05) is 6.92 Å². The molecular formula is C14H24N2O4S. The summed E-state index contributed by atoms with van der Waals surface area (Å²) in [5, 5.41) is 9.29. The zero-order valence-electron chi connectivity index (χ0n) is 12.4. The first kappa shape index (κ1) is 16.5. The normalized spacial score (nSPS) is 19.2. The van der Waals surface area contributed by atoms with E-state index in [0.29, 0.717) is 25.2 Å². The number of aliphatic hydroxyl groups excluding tert-OH is 1. The smallest absolute Gasteiger partial charge is 0.242 e. The summed E-state index contributed by atoms with van der Waals surface area (Å²) in [6.07, 6.45) is 5.39. The fourth-order valence-electron chi connectivity index (χ4n) is 2.56. The maximum Gasteiger partial charge on any atom is 0.242 e. The Morgan fingerprint density at radius 3 is 2.95 bits per heavy atom. The van der Waals surface area contributed by atoms with E-state index in [-0.39, 0.29) is 17.6 Å². The third-order valence-electron chi connectivity index (χ3n) is 3.68. The number of hydrogen-bond donors (Lipinski definition) is 2. The number of sulfonamides is 1. The van der Waals surface area contributed by atoms with Gasteiger partial charge in [0.15, 0.2) is 0 Å². The molecule has 7 heteroatoms. The van der Waals surface area contributed by atoms with Crippen LogP contribution >= 0.6 is 0 Å². The molecule has 6 nitrogen and oxygen atoms in total. The van der Waals surface area contributed by atoms with Crippen molar-refractivity contribution in [2.75, 3.05) is 13.2 Å². The average molecular weight is 316 g/mol. The molecule has 0 spiro atoms. The highest BCUT2D eigenvalue weighted by Gasteiger charge is 2.20. The quantitative estimate of drug-likeness (QED) is 0.756. The zero-order valence-corrected chi connectivity index (χ0v) is 13.2. The number of hydrogen-bond acceptors (Lipinski definition) is 4. The van der Waals surface area contributed by atoms with Gasteiger partial charge in [0.1, 0.15) is 0 Å². The number of rotatable bonds is 8. The number of nitrogens with one attached hydrogen (secondary N) is 1. The van der Waals surface area contributed by atoms with E-state index in [1.54, 1.807) is 10.8 Å². The van der Waals surface area contributed by atoms with Gasteiger partial charge in [-0.15, -0.1) is 0 Å². The van der Waals surface area contributed by atoms with Crippen LogP contribution in [0.2, 0.25) is 0 Å². The molecule has 1 unspecified atom stereocenters. The fourth-order valence-corrected chi connectivity index (χ4v) is 3.67. The average Bonchev–Trinajstić information content (AvgIpc) is 3.08. The summed E-state index contributed by atoms with van der Waals surface area (Å²) in [4.78, 5) is 0.215. The maximum atomic E-state index is 12.2. The summed E-state index contributed by atoms with van der Waals surface area (Å²) in [5.41, 5.74) is 0.622. The molecule has 1 aliphatic rings. The third kappa shape index (κ3) is 4.29. The molecule has 0 saturated carbocycles. The highest BCUT2D eigenvalue weighted by Crippen LogP contribution is 2.17. The summed E-state index contributed by atoms with van der Waals surface area (Å²) in [7, 11) is -3.52. The molecule has 2 heterocycles. The SMILES string of the molecule is CCCn1cc(S(=O)(=O)NCCC2CCCO2)cc1CO. The van der Waals surface area contributed by atoms with Gasteiger partial charge in [0.25, 0.3) is 0 Å². The molecule has 0 aliphatic carbocycles. The van der Waals surface area contributed by atoms with Crippen LogP contribution in [0.15, 0.2) is 17.2 Å². The summed E-state index contributed by atoms with van der Waals surface area (Å²) in [6.45, 7) is 3.69. The van der Waals surface area contributed by atoms with Crippen molar-refractivity contribution < 1.29 is 18.3 Å². The minimum atomic E-state index is -3.52. The van der Waals surface area contributed by atoms with Crippen LogP contribution in [0, 0.1) is 0 Å². The summed E-state index contributed by atoms with van der Waals surface area (Å²) in [5.74, 6) is 0. The second-order valence-corrected chi connectivity index (χ2v) is 7.11. The Kier molecular flexibility index (Phi) is 5.80. The first-order valence-corrected chi connectivity index (χ1v) is 8.96. The molecule has 1 aromatic rings. The van der Waals surface area contributed by atoms with Gasteiger partial charge in [-0.25, -0.2) is 13.1 Å². The van der Waals surface area contributed by atoms with Gasteiger partial charge in [-0.05, 0) is 31.7 Å². The van der Waals surface area contributed by atoms with E-state index in [9.17, 15) is 13.5 Å². The van der Waals surface area contributed by atoms with Gasteiger partial charge in [-0.1, -0.05) is 6.92 Å². The van der Waals surface area contributed by atoms with Crippen LogP contribution in [-0.4, -0.2) is 37.3 Å². The molecule has 120 valence electrons. The minimum Gasteiger partial charge on any atom is -0.390 e. The van der Waals surface area contributed by atoms with E-state index in [4.69, 9.17) is 4.74 Å². The number of aromatic nitrogens is 1. The van der Waals surface area contributed by atoms with E-state index in [2.05, 4.69) is 4.72 Å². The van der Waals surface area contributed by atoms with Crippen LogP contribution in [0.5, 0.6) is 0 Å². The van der Waals surface area contributed by atoms with Crippen LogP contribution in [-0.2, 0) is 27.9 Å². The lowest BCUT2D eigenvalue weighted by Gasteiger charge is -2.09. The number of nitrogens with zero attached hydrogens (tertiary/aromatic N) is 1. The van der Waals surface area contributed by atoms with Crippen molar-refractivity contribution in [3.8, 4) is 0 Å². The molecule has 2 rings (SSSR count). The largest absolute Gasteiger partial charge is 0.390 e. The van der Waals surface area contributed by atoms with Gasteiger partial charge in [0.2, 0.25) is 10.0 Å². The Bertz CT molecular complexity index is 547. The standard InChI is InChI=1S/C14H24N2O4S/c1-2-7-16-10-14(9-12(16)11-17)21(18,19)15-6-5-13-4-3-8-20-13/h9-10,13,15,17H,2-8,11H2,1H3. The van der Waals surface area contributed by atoms with Crippen molar-refractivity contribution in [3.05, 3.63) is 18.0 Å². The van der Waals surface area contributed by atoms with E-state index in [1.165, 1.54) is 6.07 Å². The van der Waals surface area contributed by atoms with Crippen molar-refractivity contribution in [2.45, 2.75) is 56.8 Å². The molecule has 1 fully saturated rings.